The first kappa shape index (κ1) is 13.2. The van der Waals surface area contributed by atoms with E-state index in [0.29, 0.717) is 13.0 Å². The first-order valence-electron chi connectivity index (χ1n) is 5.75. The highest BCUT2D eigenvalue weighted by molar-refractivity contribution is 5.76. The number of nitrogens with one attached hydrogen (secondary N) is 1. The maximum Gasteiger partial charge on any atom is 0.220 e. The van der Waals surface area contributed by atoms with Gasteiger partial charge in [-0.25, -0.2) is 0 Å². The van der Waals surface area contributed by atoms with Gasteiger partial charge in [0.15, 0.2) is 0 Å². The molecule has 0 aliphatic rings. The summed E-state index contributed by atoms with van der Waals surface area (Å²) >= 11 is 0. The molecule has 0 aliphatic heterocycles. The van der Waals surface area contributed by atoms with E-state index in [4.69, 9.17) is 5.26 Å². The van der Waals surface area contributed by atoms with Crippen molar-refractivity contribution in [3.8, 4) is 6.07 Å². The van der Waals surface area contributed by atoms with Gasteiger partial charge in [-0.05, 0) is 25.8 Å². The number of nitrogens with zero attached hydrogens (tertiary/aromatic N) is 1. The fourth-order valence-electron chi connectivity index (χ4n) is 1.35. The third-order valence-electron chi connectivity index (χ3n) is 2.51. The van der Waals surface area contributed by atoms with E-state index in [1.807, 2.05) is 44.2 Å². The second-order valence-corrected chi connectivity index (χ2v) is 4.76. The number of aryl methyl sites for hydroxylation is 1. The molecule has 1 aromatic carbocycles. The van der Waals surface area contributed by atoms with Gasteiger partial charge >= 0.3 is 0 Å². The van der Waals surface area contributed by atoms with E-state index in [1.54, 1.807) is 0 Å². The molecule has 1 aromatic rings. The van der Waals surface area contributed by atoms with Crippen molar-refractivity contribution < 1.29 is 4.79 Å². The number of benzene rings is 1. The Bertz CT molecular complexity index is 404. The molecule has 1 N–H and O–H groups in total. The summed E-state index contributed by atoms with van der Waals surface area (Å²) in [5, 5.41) is 11.6. The van der Waals surface area contributed by atoms with Crippen LogP contribution < -0.4 is 5.32 Å². The molecule has 0 atom stereocenters. The van der Waals surface area contributed by atoms with Gasteiger partial charge in [-0.3, -0.25) is 4.79 Å². The molecule has 0 spiro atoms. The van der Waals surface area contributed by atoms with Crippen LogP contribution in [-0.2, 0) is 11.2 Å². The third-order valence-corrected chi connectivity index (χ3v) is 2.51. The molecule has 0 radical (unpaired) electrons. The summed E-state index contributed by atoms with van der Waals surface area (Å²) < 4.78 is 0. The second kappa shape index (κ2) is 6.05. The number of amides is 1. The zero-order valence-electron chi connectivity index (χ0n) is 10.4. The van der Waals surface area contributed by atoms with Gasteiger partial charge in [0.1, 0.15) is 0 Å². The Labute approximate surface area is 102 Å². The largest absolute Gasteiger partial charge is 0.355 e. The van der Waals surface area contributed by atoms with Crippen LogP contribution in [0.1, 0.15) is 25.8 Å². The van der Waals surface area contributed by atoms with Gasteiger partial charge in [0.2, 0.25) is 5.91 Å². The smallest absolute Gasteiger partial charge is 0.220 e. The highest BCUT2D eigenvalue weighted by Crippen LogP contribution is 2.10. The minimum absolute atomic E-state index is 0.00261. The normalized spacial score (nSPS) is 10.6. The molecule has 3 nitrogen and oxygen atoms in total. The van der Waals surface area contributed by atoms with E-state index in [-0.39, 0.29) is 5.91 Å². The Morgan fingerprint density at radius 2 is 2.00 bits per heavy atom. The molecular weight excluding hydrogens is 212 g/mol. The van der Waals surface area contributed by atoms with E-state index < -0.39 is 5.41 Å². The number of carbonyl (C=O) groups excluding carboxylic acids is 1. The van der Waals surface area contributed by atoms with E-state index in [0.717, 1.165) is 12.0 Å². The van der Waals surface area contributed by atoms with Crippen molar-refractivity contribution in [1.29, 1.82) is 5.26 Å². The topological polar surface area (TPSA) is 52.9 Å². The van der Waals surface area contributed by atoms with Crippen molar-refractivity contribution in [1.82, 2.24) is 5.32 Å². The Balaban J connectivity index is 2.30. The summed E-state index contributed by atoms with van der Waals surface area (Å²) in [7, 11) is 0. The number of carbonyl (C=O) groups is 1. The minimum Gasteiger partial charge on any atom is -0.355 e. The maximum atomic E-state index is 11.6. The quantitative estimate of drug-likeness (QED) is 0.843. The number of hydrogen-bond acceptors (Lipinski definition) is 2. The molecule has 0 aliphatic carbocycles. The predicted molar refractivity (Wildman–Crippen MR) is 67.2 cm³/mol. The highest BCUT2D eigenvalue weighted by atomic mass is 16.1. The Kier molecular flexibility index (Phi) is 4.71. The Morgan fingerprint density at radius 1 is 1.35 bits per heavy atom. The van der Waals surface area contributed by atoms with Crippen molar-refractivity contribution in [2.45, 2.75) is 26.7 Å². The minimum atomic E-state index is -0.498. The van der Waals surface area contributed by atoms with Crippen molar-refractivity contribution in [2.24, 2.45) is 5.41 Å². The van der Waals surface area contributed by atoms with Crippen LogP contribution in [0, 0.1) is 16.7 Å². The predicted octanol–water partition coefficient (Wildman–Crippen LogP) is 2.29. The van der Waals surface area contributed by atoms with Crippen LogP contribution in [0.3, 0.4) is 0 Å². The molecule has 0 saturated carbocycles. The molecule has 90 valence electrons. The molecule has 0 saturated heterocycles. The van der Waals surface area contributed by atoms with Crippen LogP contribution >= 0.6 is 0 Å². The molecule has 1 amide bonds. The maximum absolute atomic E-state index is 11.6. The zero-order chi connectivity index (χ0) is 12.7. The zero-order valence-corrected chi connectivity index (χ0v) is 10.4. The fourth-order valence-corrected chi connectivity index (χ4v) is 1.35. The van der Waals surface area contributed by atoms with Gasteiger partial charge in [0, 0.05) is 13.0 Å². The van der Waals surface area contributed by atoms with Crippen molar-refractivity contribution >= 4 is 5.91 Å². The summed E-state index contributed by atoms with van der Waals surface area (Å²) in [5.74, 6) is -0.00261. The summed E-state index contributed by atoms with van der Waals surface area (Å²) in [6.07, 6.45) is 1.20. The molecule has 0 fully saturated rings. The number of hydrogen-bond donors (Lipinski definition) is 1. The van der Waals surface area contributed by atoms with Gasteiger partial charge in [-0.15, -0.1) is 0 Å². The fraction of sp³-hybridized carbons (Fsp3) is 0.429. The van der Waals surface area contributed by atoms with E-state index in [9.17, 15) is 4.79 Å². The van der Waals surface area contributed by atoms with Crippen LogP contribution in [0.15, 0.2) is 30.3 Å². The van der Waals surface area contributed by atoms with Gasteiger partial charge in [-0.2, -0.15) is 5.26 Å². The van der Waals surface area contributed by atoms with Crippen LogP contribution in [0.2, 0.25) is 0 Å². The highest BCUT2D eigenvalue weighted by Gasteiger charge is 2.17. The van der Waals surface area contributed by atoms with Crippen molar-refractivity contribution in [3.05, 3.63) is 35.9 Å². The number of rotatable bonds is 5. The lowest BCUT2D eigenvalue weighted by Gasteiger charge is -2.15. The van der Waals surface area contributed by atoms with Crippen LogP contribution in [0.4, 0.5) is 0 Å². The molecule has 0 aromatic heterocycles. The summed E-state index contributed by atoms with van der Waals surface area (Å²) in [6.45, 7) is 4.02. The van der Waals surface area contributed by atoms with Crippen LogP contribution in [-0.4, -0.2) is 12.5 Å². The van der Waals surface area contributed by atoms with E-state index >= 15 is 0 Å². The lowest BCUT2D eigenvalue weighted by atomic mass is 9.96. The van der Waals surface area contributed by atoms with E-state index in [1.165, 1.54) is 0 Å². The molecule has 0 heterocycles. The van der Waals surface area contributed by atoms with Crippen LogP contribution in [0.5, 0.6) is 0 Å². The number of nitriles is 1. The molecule has 0 bridgehead atoms. The second-order valence-electron chi connectivity index (χ2n) is 4.76. The van der Waals surface area contributed by atoms with Crippen molar-refractivity contribution in [3.63, 3.8) is 0 Å². The lowest BCUT2D eigenvalue weighted by Crippen LogP contribution is -2.33. The average molecular weight is 230 g/mol. The standard InChI is InChI=1S/C14H18N2O/c1-14(2,10-15)11-16-13(17)9-8-12-6-4-3-5-7-12/h3-7H,8-9,11H2,1-2H3,(H,16,17). The Hall–Kier alpha value is -1.82. The molecule has 1 rings (SSSR count). The monoisotopic (exact) mass is 230 g/mol. The average Bonchev–Trinajstić information content (AvgIpc) is 2.35. The molecule has 17 heavy (non-hydrogen) atoms. The lowest BCUT2D eigenvalue weighted by molar-refractivity contribution is -0.121. The molecule has 0 unspecified atom stereocenters. The summed E-state index contributed by atoms with van der Waals surface area (Å²) in [4.78, 5) is 11.6. The van der Waals surface area contributed by atoms with Gasteiger partial charge in [0.05, 0.1) is 11.5 Å². The summed E-state index contributed by atoms with van der Waals surface area (Å²) in [6, 6.07) is 12.1. The molecular formula is C14H18N2O. The summed E-state index contributed by atoms with van der Waals surface area (Å²) in [5.41, 5.74) is 0.657. The van der Waals surface area contributed by atoms with Gasteiger partial charge in [-0.1, -0.05) is 30.3 Å². The SMILES string of the molecule is CC(C)(C#N)CNC(=O)CCc1ccccc1. The van der Waals surface area contributed by atoms with Crippen LogP contribution in [0.25, 0.3) is 0 Å². The first-order chi connectivity index (χ1) is 8.03. The Morgan fingerprint density at radius 3 is 2.59 bits per heavy atom. The van der Waals surface area contributed by atoms with Gasteiger partial charge in [0.25, 0.3) is 0 Å². The van der Waals surface area contributed by atoms with Gasteiger partial charge < -0.3 is 5.32 Å². The third kappa shape index (κ3) is 5.17. The molecule has 3 heteroatoms. The van der Waals surface area contributed by atoms with E-state index in [2.05, 4.69) is 11.4 Å². The first-order valence-corrected chi connectivity index (χ1v) is 5.75. The van der Waals surface area contributed by atoms with Crippen molar-refractivity contribution in [2.75, 3.05) is 6.54 Å².